The highest BCUT2D eigenvalue weighted by Gasteiger charge is 2.38. The Balaban J connectivity index is 3.20. The van der Waals surface area contributed by atoms with E-state index in [0.717, 1.165) is 6.92 Å². The van der Waals surface area contributed by atoms with E-state index in [1.54, 1.807) is 13.0 Å². The zero-order chi connectivity index (χ0) is 13.2. The van der Waals surface area contributed by atoms with E-state index in [0.29, 0.717) is 10.4 Å². The van der Waals surface area contributed by atoms with Crippen LogP contribution < -0.4 is 5.49 Å². The van der Waals surface area contributed by atoms with Crippen molar-refractivity contribution in [1.29, 1.82) is 5.41 Å². The van der Waals surface area contributed by atoms with E-state index in [1.807, 2.05) is 0 Å². The van der Waals surface area contributed by atoms with Crippen LogP contribution in [0.5, 0.6) is 0 Å². The lowest BCUT2D eigenvalue weighted by molar-refractivity contribution is -0.160. The molecule has 1 atom stereocenters. The summed E-state index contributed by atoms with van der Waals surface area (Å²) in [7, 11) is 0. The zero-order valence-corrected chi connectivity index (χ0v) is 9.95. The van der Waals surface area contributed by atoms with Crippen molar-refractivity contribution in [2.75, 3.05) is 0 Å². The summed E-state index contributed by atoms with van der Waals surface area (Å²) >= 11 is 0. The van der Waals surface area contributed by atoms with E-state index in [2.05, 4.69) is 16.4 Å². The van der Waals surface area contributed by atoms with Gasteiger partial charge >= 0.3 is 5.97 Å². The average molecular weight is 239 g/mol. The lowest BCUT2D eigenvalue weighted by Gasteiger charge is -2.20. The fourth-order valence-corrected chi connectivity index (χ4v) is 1.17. The van der Waals surface area contributed by atoms with Crippen LogP contribution in [-0.2, 0) is 15.3 Å². The Hall–Kier alpha value is -1.98. The highest BCUT2D eigenvalue weighted by molar-refractivity contribution is 5.77. The van der Waals surface area contributed by atoms with Crippen LogP contribution in [0.1, 0.15) is 19.5 Å². The normalized spacial score (nSPS) is 13.9. The molecule has 0 saturated heterocycles. The minimum atomic E-state index is -2.54. The van der Waals surface area contributed by atoms with Gasteiger partial charge in [-0.25, -0.2) is 13.9 Å². The molecule has 1 rings (SSSR count). The fourth-order valence-electron chi connectivity index (χ4n) is 1.17. The van der Waals surface area contributed by atoms with Gasteiger partial charge in [0.25, 0.3) is 5.79 Å². The number of hydrogen-bond donors (Lipinski definition) is 1. The van der Waals surface area contributed by atoms with Crippen molar-refractivity contribution < 1.29 is 13.9 Å². The van der Waals surface area contributed by atoms with Gasteiger partial charge in [0.1, 0.15) is 5.49 Å². The van der Waals surface area contributed by atoms with E-state index >= 15 is 0 Å². The van der Waals surface area contributed by atoms with E-state index in [9.17, 15) is 9.18 Å². The zero-order valence-electron chi connectivity index (χ0n) is 9.95. The molecule has 0 amide bonds. The third-order valence-corrected chi connectivity index (χ3v) is 2.01. The van der Waals surface area contributed by atoms with Crippen LogP contribution in [0.4, 0.5) is 4.39 Å². The predicted molar refractivity (Wildman–Crippen MR) is 58.5 cm³/mol. The fraction of sp³-hybridized carbons (Fsp3) is 0.364. The number of hydrogen-bond acceptors (Lipinski definition) is 4. The van der Waals surface area contributed by atoms with Crippen molar-refractivity contribution in [3.63, 3.8) is 0 Å². The van der Waals surface area contributed by atoms with Crippen molar-refractivity contribution in [1.82, 2.24) is 9.78 Å². The average Bonchev–Trinajstić information content (AvgIpc) is 2.20. The number of ether oxygens (including phenoxy) is 1. The van der Waals surface area contributed by atoms with E-state index in [4.69, 9.17) is 5.41 Å². The molecule has 0 aliphatic carbocycles. The van der Waals surface area contributed by atoms with E-state index in [1.165, 1.54) is 13.0 Å². The van der Waals surface area contributed by atoms with Crippen LogP contribution >= 0.6 is 0 Å². The predicted octanol–water partition coefficient (Wildman–Crippen LogP) is 1.39. The summed E-state index contributed by atoms with van der Waals surface area (Å²) in [6, 6.07) is 2.91. The van der Waals surface area contributed by atoms with Gasteiger partial charge in [-0.2, -0.15) is 5.10 Å². The topological polar surface area (TPSA) is 68.0 Å². The molecule has 0 aliphatic rings. The molecule has 1 aromatic rings. The van der Waals surface area contributed by atoms with Gasteiger partial charge in [-0.1, -0.05) is 6.58 Å². The molecule has 0 saturated carbocycles. The van der Waals surface area contributed by atoms with Gasteiger partial charge in [0.05, 0.1) is 11.5 Å². The number of halogens is 1. The third-order valence-electron chi connectivity index (χ3n) is 2.01. The summed E-state index contributed by atoms with van der Waals surface area (Å²) < 4.78 is 19.6. The first-order valence-electron chi connectivity index (χ1n) is 4.94. The summed E-state index contributed by atoms with van der Waals surface area (Å²) in [5, 5.41) is 11.3. The molecular formula is C11H14FN3O2. The molecule has 6 heteroatoms. The molecule has 0 fully saturated rings. The van der Waals surface area contributed by atoms with E-state index in [-0.39, 0.29) is 11.2 Å². The molecule has 1 N–H and O–H groups in total. The molecule has 1 heterocycles. The number of aromatic nitrogens is 2. The van der Waals surface area contributed by atoms with Crippen LogP contribution in [0.3, 0.4) is 0 Å². The maximum atomic E-state index is 14.3. The standard InChI is InChI=1S/C11H14FN3O2/c1-7(2)17-10(16)11(4,12)15-9(13)6-5-8(3)14-15/h5-6,13H,1H2,2-4H3. The van der Waals surface area contributed by atoms with Crippen molar-refractivity contribution in [2.45, 2.75) is 26.6 Å². The second kappa shape index (κ2) is 4.48. The Morgan fingerprint density at radius 3 is 2.76 bits per heavy atom. The van der Waals surface area contributed by atoms with Gasteiger partial charge in [0.2, 0.25) is 0 Å². The van der Waals surface area contributed by atoms with Gasteiger partial charge in [-0.15, -0.1) is 0 Å². The first-order chi connectivity index (χ1) is 7.75. The van der Waals surface area contributed by atoms with Crippen molar-refractivity contribution in [3.8, 4) is 0 Å². The summed E-state index contributed by atoms with van der Waals surface area (Å²) in [6.07, 6.45) is 0. The highest BCUT2D eigenvalue weighted by Crippen LogP contribution is 2.18. The molecule has 1 unspecified atom stereocenters. The maximum Gasteiger partial charge on any atom is 0.371 e. The Labute approximate surface area is 98.0 Å². The molecule has 92 valence electrons. The third kappa shape index (κ3) is 2.77. The molecular weight excluding hydrogens is 225 g/mol. The molecule has 1 aromatic heterocycles. The molecule has 17 heavy (non-hydrogen) atoms. The Morgan fingerprint density at radius 1 is 1.65 bits per heavy atom. The number of nitrogens with one attached hydrogen (secondary N) is 1. The van der Waals surface area contributed by atoms with Crippen LogP contribution in [0, 0.1) is 12.3 Å². The summed E-state index contributed by atoms with van der Waals surface area (Å²) in [6.45, 7) is 7.41. The molecule has 0 spiro atoms. The van der Waals surface area contributed by atoms with Gasteiger partial charge in [0.15, 0.2) is 0 Å². The summed E-state index contributed by atoms with van der Waals surface area (Å²) in [5.74, 6) is -3.61. The summed E-state index contributed by atoms with van der Waals surface area (Å²) in [4.78, 5) is 11.5. The number of carbonyl (C=O) groups is 1. The number of nitrogens with zero attached hydrogens (tertiary/aromatic N) is 2. The van der Waals surface area contributed by atoms with Crippen LogP contribution in [0.2, 0.25) is 0 Å². The van der Waals surface area contributed by atoms with Crippen molar-refractivity contribution in [3.05, 3.63) is 35.7 Å². The van der Waals surface area contributed by atoms with Gasteiger partial charge < -0.3 is 4.74 Å². The quantitative estimate of drug-likeness (QED) is 0.640. The first-order valence-corrected chi connectivity index (χ1v) is 4.94. The largest absolute Gasteiger partial charge is 0.428 e. The number of carbonyl (C=O) groups excluding carboxylic acids is 1. The molecule has 0 bridgehead atoms. The van der Waals surface area contributed by atoms with Gasteiger partial charge in [0, 0.05) is 6.92 Å². The second-order valence-corrected chi connectivity index (χ2v) is 3.82. The van der Waals surface area contributed by atoms with Gasteiger partial charge in [-0.05, 0) is 26.0 Å². The number of esters is 1. The Kier molecular flexibility index (Phi) is 3.45. The summed E-state index contributed by atoms with van der Waals surface area (Å²) in [5.41, 5.74) is 0.271. The Morgan fingerprint density at radius 2 is 2.24 bits per heavy atom. The highest BCUT2D eigenvalue weighted by atomic mass is 19.1. The number of rotatable bonds is 3. The van der Waals surface area contributed by atoms with Crippen molar-refractivity contribution in [2.24, 2.45) is 0 Å². The Bertz CT molecular complexity index is 520. The molecule has 5 nitrogen and oxygen atoms in total. The van der Waals surface area contributed by atoms with Gasteiger partial charge in [-0.3, -0.25) is 5.41 Å². The minimum Gasteiger partial charge on any atom is -0.428 e. The van der Waals surface area contributed by atoms with Crippen LogP contribution in [0.15, 0.2) is 24.5 Å². The SMILES string of the molecule is C=C(C)OC(=O)C(C)(F)n1nc(C)ccc1=N. The molecule has 0 aliphatic heterocycles. The van der Waals surface area contributed by atoms with Crippen molar-refractivity contribution >= 4 is 5.97 Å². The smallest absolute Gasteiger partial charge is 0.371 e. The lowest BCUT2D eigenvalue weighted by atomic mass is 10.3. The number of aryl methyl sites for hydroxylation is 1. The molecule has 0 radical (unpaired) electrons. The van der Waals surface area contributed by atoms with Crippen LogP contribution in [-0.4, -0.2) is 15.7 Å². The second-order valence-electron chi connectivity index (χ2n) is 3.82. The maximum absolute atomic E-state index is 14.3. The lowest BCUT2D eigenvalue weighted by Crippen LogP contribution is -2.44. The minimum absolute atomic E-state index is 0.0821. The van der Waals surface area contributed by atoms with Crippen LogP contribution in [0.25, 0.3) is 0 Å². The monoisotopic (exact) mass is 239 g/mol. The van der Waals surface area contributed by atoms with E-state index < -0.39 is 11.8 Å². The first kappa shape index (κ1) is 13.1. The number of alkyl halides is 1. The molecule has 0 aromatic carbocycles. The number of allylic oxidation sites excluding steroid dienone is 1.